The van der Waals surface area contributed by atoms with Gasteiger partial charge in [0.1, 0.15) is 5.75 Å². The summed E-state index contributed by atoms with van der Waals surface area (Å²) >= 11 is 0. The van der Waals surface area contributed by atoms with Gasteiger partial charge in [-0.05, 0) is 109 Å². The van der Waals surface area contributed by atoms with E-state index in [9.17, 15) is 19.8 Å². The van der Waals surface area contributed by atoms with E-state index < -0.39 is 5.97 Å². The molecule has 3 aliphatic carbocycles. The summed E-state index contributed by atoms with van der Waals surface area (Å²) in [6, 6.07) is 10.4. The van der Waals surface area contributed by atoms with Crippen LogP contribution in [-0.2, 0) is 12.8 Å². The van der Waals surface area contributed by atoms with Gasteiger partial charge >= 0.3 is 5.97 Å². The number of benzene rings is 2. The number of phenols is 1. The van der Waals surface area contributed by atoms with Crippen LogP contribution in [0.3, 0.4) is 0 Å². The summed E-state index contributed by atoms with van der Waals surface area (Å²) in [5.74, 6) is 1.01. The van der Waals surface area contributed by atoms with E-state index in [1.165, 1.54) is 25.7 Å². The van der Waals surface area contributed by atoms with Gasteiger partial charge in [0, 0.05) is 12.0 Å². The molecule has 4 atom stereocenters. The Kier molecular flexibility index (Phi) is 5.35. The Hall–Kier alpha value is -2.62. The van der Waals surface area contributed by atoms with Crippen molar-refractivity contribution in [2.45, 2.75) is 70.6 Å². The number of Topliss-reactive ketones (excluding diaryl/α,β-unsaturated/α-hetero) is 1. The molecule has 0 unspecified atom stereocenters. The lowest BCUT2D eigenvalue weighted by molar-refractivity contribution is 0.0592. The molecule has 0 bridgehead atoms. The molecule has 0 aliphatic heterocycles. The third-order valence-electron chi connectivity index (χ3n) is 8.73. The van der Waals surface area contributed by atoms with E-state index >= 15 is 0 Å². The van der Waals surface area contributed by atoms with Crippen molar-refractivity contribution >= 4 is 11.8 Å². The van der Waals surface area contributed by atoms with Crippen LogP contribution >= 0.6 is 0 Å². The van der Waals surface area contributed by atoms with Gasteiger partial charge in [-0.2, -0.15) is 0 Å². The highest BCUT2D eigenvalue weighted by Gasteiger charge is 2.50. The van der Waals surface area contributed by atoms with Crippen LogP contribution in [0.4, 0.5) is 0 Å². The lowest BCUT2D eigenvalue weighted by atomic mass is 9.55. The summed E-state index contributed by atoms with van der Waals surface area (Å²) < 4.78 is 0. The highest BCUT2D eigenvalue weighted by molar-refractivity contribution is 6.01. The molecule has 0 aromatic heterocycles. The number of aromatic hydroxyl groups is 1. The zero-order valence-electron chi connectivity index (χ0n) is 18.8. The topological polar surface area (TPSA) is 74.6 Å². The second-order valence-electron chi connectivity index (χ2n) is 10.5. The highest BCUT2D eigenvalue weighted by Crippen LogP contribution is 2.61. The van der Waals surface area contributed by atoms with Crippen LogP contribution in [0.1, 0.15) is 95.2 Å². The number of ketones is 1. The number of phenolic OH excluding ortho intramolecular Hbond substituents is 1. The fourth-order valence-electron chi connectivity index (χ4n) is 7.13. The molecule has 4 nitrogen and oxygen atoms in total. The van der Waals surface area contributed by atoms with Crippen LogP contribution in [0.5, 0.6) is 5.75 Å². The van der Waals surface area contributed by atoms with Crippen molar-refractivity contribution in [3.8, 4) is 5.75 Å². The van der Waals surface area contributed by atoms with Crippen LogP contribution in [0, 0.1) is 17.3 Å². The summed E-state index contributed by atoms with van der Waals surface area (Å²) in [5, 5.41) is 19.2. The summed E-state index contributed by atoms with van der Waals surface area (Å²) in [4.78, 5) is 25.3. The zero-order valence-corrected chi connectivity index (χ0v) is 18.8. The normalized spacial score (nSPS) is 28.5. The van der Waals surface area contributed by atoms with Crippen LogP contribution in [0.2, 0.25) is 0 Å². The first-order chi connectivity index (χ1) is 15.4. The van der Waals surface area contributed by atoms with Gasteiger partial charge in [0.2, 0.25) is 0 Å². The Balaban J connectivity index is 1.48. The van der Waals surface area contributed by atoms with E-state index in [1.54, 1.807) is 18.2 Å². The minimum Gasteiger partial charge on any atom is -0.508 e. The van der Waals surface area contributed by atoms with Gasteiger partial charge in [0.15, 0.2) is 5.78 Å². The molecule has 3 aliphatic rings. The first-order valence-corrected chi connectivity index (χ1v) is 12.1. The molecule has 0 heterocycles. The molecule has 4 heteroatoms. The van der Waals surface area contributed by atoms with Crippen molar-refractivity contribution in [3.05, 3.63) is 64.2 Å². The summed E-state index contributed by atoms with van der Waals surface area (Å²) in [7, 11) is 0. The van der Waals surface area contributed by atoms with Crippen molar-refractivity contribution in [1.29, 1.82) is 0 Å². The lowest BCUT2D eigenvalue weighted by Crippen LogP contribution is -2.40. The van der Waals surface area contributed by atoms with Crippen LogP contribution in [0.15, 0.2) is 36.4 Å². The molecular weight excluding hydrogens is 400 g/mol. The fourth-order valence-corrected chi connectivity index (χ4v) is 7.13. The van der Waals surface area contributed by atoms with E-state index in [1.807, 2.05) is 18.2 Å². The maximum atomic E-state index is 13.5. The number of fused-ring (bicyclic) bond motifs is 5. The molecule has 2 aromatic rings. The van der Waals surface area contributed by atoms with Gasteiger partial charge in [-0.1, -0.05) is 25.5 Å². The molecule has 2 N–H and O–H groups in total. The van der Waals surface area contributed by atoms with E-state index in [-0.39, 0.29) is 17.1 Å². The molecule has 168 valence electrons. The fraction of sp³-hybridized carbons (Fsp3) is 0.500. The van der Waals surface area contributed by atoms with Crippen LogP contribution in [0.25, 0.3) is 0 Å². The molecule has 2 saturated carbocycles. The Labute approximate surface area is 189 Å². The van der Waals surface area contributed by atoms with E-state index in [0.29, 0.717) is 35.7 Å². The number of carbonyl (C=O) groups excluding carboxylic acids is 1. The minimum absolute atomic E-state index is 0.0397. The molecule has 0 amide bonds. The van der Waals surface area contributed by atoms with Crippen molar-refractivity contribution in [3.63, 3.8) is 0 Å². The third kappa shape index (κ3) is 3.64. The number of hydrogen-bond acceptors (Lipinski definition) is 3. The number of carbonyl (C=O) groups is 2. The van der Waals surface area contributed by atoms with Gasteiger partial charge in [-0.15, -0.1) is 0 Å². The number of carboxylic acids is 1. The molecule has 32 heavy (non-hydrogen) atoms. The molecule has 0 spiro atoms. The molecule has 2 fully saturated rings. The van der Waals surface area contributed by atoms with E-state index in [2.05, 4.69) is 6.92 Å². The smallest absolute Gasteiger partial charge is 0.335 e. The largest absolute Gasteiger partial charge is 0.508 e. The quantitative estimate of drug-likeness (QED) is 0.556. The van der Waals surface area contributed by atoms with Crippen molar-refractivity contribution in [1.82, 2.24) is 0 Å². The first kappa shape index (κ1) is 21.2. The highest BCUT2D eigenvalue weighted by atomic mass is 16.4. The zero-order chi connectivity index (χ0) is 22.5. The molecule has 2 aromatic carbocycles. The first-order valence-electron chi connectivity index (χ1n) is 12.1. The average molecular weight is 433 g/mol. The lowest BCUT2D eigenvalue weighted by Gasteiger charge is -2.49. The number of aryl methyl sites for hydroxylation is 2. The predicted molar refractivity (Wildman–Crippen MR) is 123 cm³/mol. The average Bonchev–Trinajstić information content (AvgIpc) is 3.19. The van der Waals surface area contributed by atoms with Gasteiger partial charge in [-0.25, -0.2) is 4.79 Å². The molecule has 0 radical (unpaired) electrons. The maximum absolute atomic E-state index is 13.5. The van der Waals surface area contributed by atoms with Gasteiger partial charge in [0.05, 0.1) is 5.56 Å². The standard InChI is InChI=1S/C28H32O4/c1-28-13-2-3-24(28)21-10-7-18-15-19(27(31)32)16-23(26(18)22(21)12-14-28)25(30)11-6-17-4-8-20(29)9-5-17/h4-5,8-9,15-16,21-22,24,29H,2-3,6-7,10-14H2,1H3,(H,31,32)/t21-,22+,24+,28+/m1/s1. The van der Waals surface area contributed by atoms with Crippen molar-refractivity contribution < 1.29 is 19.8 Å². The van der Waals surface area contributed by atoms with Gasteiger partial charge in [-0.3, -0.25) is 4.79 Å². The van der Waals surface area contributed by atoms with Gasteiger partial charge in [0.25, 0.3) is 0 Å². The third-order valence-corrected chi connectivity index (χ3v) is 8.73. The van der Waals surface area contributed by atoms with E-state index in [4.69, 9.17) is 0 Å². The molecular formula is C28H32O4. The van der Waals surface area contributed by atoms with Crippen LogP contribution < -0.4 is 0 Å². The van der Waals surface area contributed by atoms with Gasteiger partial charge < -0.3 is 10.2 Å². The summed E-state index contributed by atoms with van der Waals surface area (Å²) in [5.41, 5.74) is 4.57. The Bertz CT molecular complexity index is 1050. The number of aromatic carboxylic acids is 1. The minimum atomic E-state index is -0.963. The number of hydrogen-bond donors (Lipinski definition) is 2. The monoisotopic (exact) mass is 432 g/mol. The second-order valence-corrected chi connectivity index (χ2v) is 10.5. The SMILES string of the molecule is C[C@@]12CCC[C@H]1[C@@H]1CCc3cc(C(=O)O)cc(C(=O)CCc4ccc(O)cc4)c3[C@H]1CC2. The Morgan fingerprint density at radius 3 is 2.59 bits per heavy atom. The number of carboxylic acid groups (broad SMARTS) is 1. The predicted octanol–water partition coefficient (Wildman–Crippen LogP) is 6.15. The maximum Gasteiger partial charge on any atom is 0.335 e. The summed E-state index contributed by atoms with van der Waals surface area (Å²) in [6.45, 7) is 2.47. The summed E-state index contributed by atoms with van der Waals surface area (Å²) in [6.07, 6.45) is 9.17. The van der Waals surface area contributed by atoms with E-state index in [0.717, 1.165) is 41.9 Å². The van der Waals surface area contributed by atoms with Crippen molar-refractivity contribution in [2.75, 3.05) is 0 Å². The number of rotatable bonds is 5. The van der Waals surface area contributed by atoms with Crippen molar-refractivity contribution in [2.24, 2.45) is 17.3 Å². The Morgan fingerprint density at radius 2 is 1.84 bits per heavy atom. The molecule has 0 saturated heterocycles. The molecule has 5 rings (SSSR count). The van der Waals surface area contributed by atoms with Crippen LogP contribution in [-0.4, -0.2) is 22.0 Å². The Morgan fingerprint density at radius 1 is 1.06 bits per heavy atom. The second kappa shape index (κ2) is 8.06.